The molecule has 1 aromatic rings. The van der Waals surface area contributed by atoms with Crippen LogP contribution in [0.2, 0.25) is 0 Å². The Morgan fingerprint density at radius 1 is 1.21 bits per heavy atom. The maximum atomic E-state index is 5.56. The standard InChI is InChI=1S/C10H13NO2Se/c1-11(2)10(14)13-9-7-5-4-6-8(9)12-3/h4-7H,1-3H3. The predicted molar refractivity (Wildman–Crippen MR) is 58.1 cm³/mol. The van der Waals surface area contributed by atoms with Crippen LogP contribution >= 0.6 is 0 Å². The van der Waals surface area contributed by atoms with Gasteiger partial charge in [-0.2, -0.15) is 0 Å². The molecule has 0 aromatic heterocycles. The number of hydrogen-bond acceptors (Lipinski definition) is 3. The summed E-state index contributed by atoms with van der Waals surface area (Å²) >= 11 is 2.84. The summed E-state index contributed by atoms with van der Waals surface area (Å²) in [5.74, 6) is 1.43. The maximum absolute atomic E-state index is 5.56. The van der Waals surface area contributed by atoms with Crippen LogP contribution in [0.1, 0.15) is 0 Å². The molecule has 0 unspecified atom stereocenters. The normalized spacial score (nSPS) is 9.36. The molecule has 0 aliphatic heterocycles. The molecule has 0 aliphatic rings. The number of nitrogens with zero attached hydrogens (tertiary/aromatic N) is 1. The number of hydrogen-bond donors (Lipinski definition) is 0. The molecule has 0 spiro atoms. The van der Waals surface area contributed by atoms with Gasteiger partial charge < -0.3 is 0 Å². The Bertz CT molecular complexity index is 326. The number of para-hydroxylation sites is 2. The summed E-state index contributed by atoms with van der Waals surface area (Å²) in [5, 5.41) is 0. The van der Waals surface area contributed by atoms with Crippen molar-refractivity contribution in [2.45, 2.75) is 0 Å². The zero-order chi connectivity index (χ0) is 10.6. The van der Waals surface area contributed by atoms with Gasteiger partial charge in [-0.15, -0.1) is 0 Å². The monoisotopic (exact) mass is 259 g/mol. The topological polar surface area (TPSA) is 21.7 Å². The van der Waals surface area contributed by atoms with Gasteiger partial charge in [-0.3, -0.25) is 0 Å². The first-order valence-electron chi connectivity index (χ1n) is 4.17. The Morgan fingerprint density at radius 3 is 2.29 bits per heavy atom. The fourth-order valence-corrected chi connectivity index (χ4v) is 1.08. The van der Waals surface area contributed by atoms with Crippen molar-refractivity contribution in [3.8, 4) is 11.5 Å². The summed E-state index contributed by atoms with van der Waals surface area (Å²) in [6.45, 7) is 0. The second kappa shape index (κ2) is 5.03. The Balaban J connectivity index is 2.80. The Morgan fingerprint density at radius 2 is 1.79 bits per heavy atom. The third kappa shape index (κ3) is 2.75. The van der Waals surface area contributed by atoms with Gasteiger partial charge in [0.2, 0.25) is 0 Å². The van der Waals surface area contributed by atoms with Crippen molar-refractivity contribution in [2.24, 2.45) is 0 Å². The molecule has 0 aliphatic carbocycles. The molecular weight excluding hydrogens is 245 g/mol. The van der Waals surface area contributed by atoms with Gasteiger partial charge in [-0.05, 0) is 0 Å². The van der Waals surface area contributed by atoms with Crippen molar-refractivity contribution in [3.05, 3.63) is 24.3 Å². The molecule has 3 nitrogen and oxygen atoms in total. The molecule has 1 aromatic carbocycles. The van der Waals surface area contributed by atoms with E-state index in [9.17, 15) is 0 Å². The molecule has 0 saturated carbocycles. The van der Waals surface area contributed by atoms with Crippen molar-refractivity contribution in [2.75, 3.05) is 21.2 Å². The minimum atomic E-state index is 0.703. The van der Waals surface area contributed by atoms with Crippen molar-refractivity contribution >= 4 is 20.3 Å². The van der Waals surface area contributed by atoms with Crippen molar-refractivity contribution in [1.82, 2.24) is 4.90 Å². The van der Waals surface area contributed by atoms with Gasteiger partial charge in [0.25, 0.3) is 0 Å². The van der Waals surface area contributed by atoms with E-state index in [1.165, 1.54) is 0 Å². The van der Waals surface area contributed by atoms with Crippen LogP contribution in [0.25, 0.3) is 0 Å². The number of benzene rings is 1. The summed E-state index contributed by atoms with van der Waals surface area (Å²) in [5.41, 5.74) is 0. The van der Waals surface area contributed by atoms with Gasteiger partial charge in [-0.25, -0.2) is 0 Å². The zero-order valence-electron chi connectivity index (χ0n) is 8.48. The zero-order valence-corrected chi connectivity index (χ0v) is 10.2. The van der Waals surface area contributed by atoms with Crippen LogP contribution in [0.3, 0.4) is 0 Å². The molecule has 76 valence electrons. The van der Waals surface area contributed by atoms with Gasteiger partial charge in [-0.1, -0.05) is 0 Å². The van der Waals surface area contributed by atoms with Gasteiger partial charge in [0.1, 0.15) is 0 Å². The average Bonchev–Trinajstić information content (AvgIpc) is 2.18. The Hall–Kier alpha value is -0.991. The molecule has 0 heterocycles. The van der Waals surface area contributed by atoms with E-state index in [1.807, 2.05) is 43.3 Å². The second-order valence-electron chi connectivity index (χ2n) is 2.91. The third-order valence-electron chi connectivity index (χ3n) is 1.63. The van der Waals surface area contributed by atoms with Gasteiger partial charge in [0.05, 0.1) is 0 Å². The van der Waals surface area contributed by atoms with Crippen LogP contribution < -0.4 is 9.47 Å². The molecule has 0 bridgehead atoms. The average molecular weight is 258 g/mol. The molecule has 0 atom stereocenters. The molecule has 1 rings (SSSR count). The molecule has 4 heteroatoms. The van der Waals surface area contributed by atoms with Crippen LogP contribution in [-0.4, -0.2) is 46.4 Å². The number of rotatable bonds is 4. The fraction of sp³-hybridized carbons (Fsp3) is 0.300. The van der Waals surface area contributed by atoms with Crippen LogP contribution in [0, 0.1) is 0 Å². The Kier molecular flexibility index (Phi) is 3.98. The summed E-state index contributed by atoms with van der Waals surface area (Å²) in [4.78, 5) is 1.85. The first-order valence-corrected chi connectivity index (χ1v) is 5.03. The molecular formula is C10H13NO2Se. The quantitative estimate of drug-likeness (QED) is 0.749. The van der Waals surface area contributed by atoms with E-state index in [-0.39, 0.29) is 0 Å². The van der Waals surface area contributed by atoms with Crippen LogP contribution in [0.5, 0.6) is 11.5 Å². The van der Waals surface area contributed by atoms with Gasteiger partial charge in [0.15, 0.2) is 0 Å². The van der Waals surface area contributed by atoms with Crippen molar-refractivity contribution < 1.29 is 9.47 Å². The fourth-order valence-electron chi connectivity index (χ4n) is 0.888. The van der Waals surface area contributed by atoms with Crippen LogP contribution in [0.4, 0.5) is 0 Å². The molecule has 14 heavy (non-hydrogen) atoms. The van der Waals surface area contributed by atoms with Gasteiger partial charge in [0, 0.05) is 0 Å². The van der Waals surface area contributed by atoms with E-state index in [2.05, 4.69) is 15.6 Å². The van der Waals surface area contributed by atoms with E-state index in [0.29, 0.717) is 10.5 Å². The molecule has 0 fully saturated rings. The summed E-state index contributed by atoms with van der Waals surface area (Å²) in [6, 6.07) is 7.53. The molecule has 0 N–H and O–H groups in total. The van der Waals surface area contributed by atoms with E-state index < -0.39 is 0 Å². The summed E-state index contributed by atoms with van der Waals surface area (Å²) in [6.07, 6.45) is 0. The number of ether oxygens (including phenoxy) is 2. The van der Waals surface area contributed by atoms with E-state index in [1.54, 1.807) is 7.11 Å². The Labute approximate surface area is 92.0 Å². The molecule has 0 saturated heterocycles. The molecule has 0 radical (unpaired) electrons. The van der Waals surface area contributed by atoms with Gasteiger partial charge >= 0.3 is 91.6 Å². The van der Waals surface area contributed by atoms with E-state index in [0.717, 1.165) is 5.75 Å². The van der Waals surface area contributed by atoms with Crippen molar-refractivity contribution in [1.29, 1.82) is 0 Å². The first-order chi connectivity index (χ1) is 6.65. The van der Waals surface area contributed by atoms with E-state index in [4.69, 9.17) is 9.47 Å². The number of methoxy groups -OCH3 is 1. The van der Waals surface area contributed by atoms with Crippen molar-refractivity contribution in [3.63, 3.8) is 0 Å². The summed E-state index contributed by atoms with van der Waals surface area (Å²) < 4.78 is 11.4. The first kappa shape index (κ1) is 11.1. The van der Waals surface area contributed by atoms with Crippen LogP contribution in [0.15, 0.2) is 24.3 Å². The third-order valence-corrected chi connectivity index (χ3v) is 2.57. The van der Waals surface area contributed by atoms with Crippen LogP contribution in [-0.2, 0) is 0 Å². The predicted octanol–water partition coefficient (Wildman–Crippen LogP) is 0.891. The minimum absolute atomic E-state index is 0.703. The molecule has 0 amide bonds. The second-order valence-corrected chi connectivity index (χ2v) is 3.65. The summed E-state index contributed by atoms with van der Waals surface area (Å²) in [7, 11) is 5.43. The SMILES string of the molecule is COc1ccccc1OC(=[Se])N(C)C. The van der Waals surface area contributed by atoms with E-state index >= 15 is 0 Å².